The van der Waals surface area contributed by atoms with Gasteiger partial charge in [0.2, 0.25) is 0 Å². The molecule has 1 aromatic carbocycles. The fourth-order valence-corrected chi connectivity index (χ4v) is 2.84. The van der Waals surface area contributed by atoms with Gasteiger partial charge in [-0.05, 0) is 24.5 Å². The van der Waals surface area contributed by atoms with Gasteiger partial charge in [-0.15, -0.1) is 0 Å². The predicted molar refractivity (Wildman–Crippen MR) is 79.6 cm³/mol. The molecule has 0 aromatic heterocycles. The topological polar surface area (TPSA) is 55.6 Å². The van der Waals surface area contributed by atoms with Crippen LogP contribution in [0.3, 0.4) is 0 Å². The minimum atomic E-state index is -0.421. The second kappa shape index (κ2) is 6.24. The lowest BCUT2D eigenvalue weighted by Gasteiger charge is -2.30. The lowest BCUT2D eigenvalue weighted by atomic mass is 10.1. The smallest absolute Gasteiger partial charge is 0.271 e. The van der Waals surface area contributed by atoms with E-state index in [0.717, 1.165) is 30.8 Å². The van der Waals surface area contributed by atoms with E-state index >= 15 is 0 Å². The number of ether oxygens (including phenoxy) is 1. The van der Waals surface area contributed by atoms with Gasteiger partial charge in [-0.1, -0.05) is 17.7 Å². The molecule has 1 aromatic rings. The first kappa shape index (κ1) is 14.8. The number of hydrogen-bond acceptors (Lipinski definition) is 4. The summed E-state index contributed by atoms with van der Waals surface area (Å²) >= 11 is 6.22. The van der Waals surface area contributed by atoms with E-state index in [1.54, 1.807) is 13.2 Å². The summed E-state index contributed by atoms with van der Waals surface area (Å²) in [4.78, 5) is 12.5. The highest BCUT2D eigenvalue weighted by Crippen LogP contribution is 2.34. The summed E-state index contributed by atoms with van der Waals surface area (Å²) in [6.45, 7) is 4.09. The van der Waals surface area contributed by atoms with Crippen LogP contribution in [0.5, 0.6) is 0 Å². The third kappa shape index (κ3) is 3.11. The van der Waals surface area contributed by atoms with Gasteiger partial charge in [-0.2, -0.15) is 0 Å². The maximum atomic E-state index is 10.8. The zero-order valence-corrected chi connectivity index (χ0v) is 12.3. The van der Waals surface area contributed by atoms with E-state index in [2.05, 4.69) is 11.0 Å². The first-order valence-electron chi connectivity index (χ1n) is 6.39. The minimum absolute atomic E-state index is 0.0314. The zero-order valence-electron chi connectivity index (χ0n) is 11.6. The highest BCUT2D eigenvalue weighted by atomic mass is 35.5. The molecule has 1 aliphatic heterocycles. The van der Waals surface area contributed by atoms with E-state index in [1.165, 1.54) is 11.6 Å². The van der Waals surface area contributed by atoms with Gasteiger partial charge in [-0.3, -0.25) is 10.1 Å². The summed E-state index contributed by atoms with van der Waals surface area (Å²) in [5.41, 5.74) is 3.01. The fraction of sp³-hybridized carbons (Fsp3) is 0.429. The Labute approximate surface area is 122 Å². The number of halogens is 1. The van der Waals surface area contributed by atoms with E-state index in [9.17, 15) is 10.1 Å². The molecule has 0 saturated heterocycles. The number of hydrogen-bond donors (Lipinski definition) is 0. The molecule has 0 aliphatic carbocycles. The number of non-ortho nitro benzene ring substituents is 1. The molecule has 108 valence electrons. The van der Waals surface area contributed by atoms with Crippen LogP contribution in [-0.4, -0.2) is 31.7 Å². The highest BCUT2D eigenvalue weighted by Gasteiger charge is 2.20. The van der Waals surface area contributed by atoms with Crippen LogP contribution in [0.25, 0.3) is 0 Å². The van der Waals surface area contributed by atoms with Gasteiger partial charge >= 0.3 is 0 Å². The molecule has 0 atom stereocenters. The molecule has 0 radical (unpaired) electrons. The molecule has 6 heteroatoms. The van der Waals surface area contributed by atoms with Crippen molar-refractivity contribution in [1.29, 1.82) is 0 Å². The maximum Gasteiger partial charge on any atom is 0.271 e. The molecule has 1 aliphatic rings. The van der Waals surface area contributed by atoms with Crippen LogP contribution in [-0.2, 0) is 4.74 Å². The van der Waals surface area contributed by atoms with Crippen molar-refractivity contribution in [3.8, 4) is 0 Å². The SMILES string of the molecule is COCC1=CCN(c2c(C)cc([N+](=O)[O-])cc2Cl)CC1. The molecule has 0 bridgehead atoms. The van der Waals surface area contributed by atoms with E-state index < -0.39 is 4.92 Å². The van der Waals surface area contributed by atoms with Gasteiger partial charge in [0, 0.05) is 32.3 Å². The second-order valence-electron chi connectivity index (χ2n) is 4.84. The van der Waals surface area contributed by atoms with E-state index in [0.29, 0.717) is 11.6 Å². The number of nitrogens with zero attached hydrogens (tertiary/aromatic N) is 2. The van der Waals surface area contributed by atoms with Crippen molar-refractivity contribution in [2.75, 3.05) is 31.7 Å². The monoisotopic (exact) mass is 296 g/mol. The third-order valence-electron chi connectivity index (χ3n) is 3.40. The van der Waals surface area contributed by atoms with Gasteiger partial charge in [0.1, 0.15) is 0 Å². The second-order valence-corrected chi connectivity index (χ2v) is 5.25. The van der Waals surface area contributed by atoms with Crippen LogP contribution < -0.4 is 4.90 Å². The van der Waals surface area contributed by atoms with Crippen LogP contribution in [0.15, 0.2) is 23.8 Å². The first-order chi connectivity index (χ1) is 9.52. The Balaban J connectivity index is 2.24. The molecule has 0 spiro atoms. The normalized spacial score (nSPS) is 15.2. The largest absolute Gasteiger partial charge is 0.380 e. The fourth-order valence-electron chi connectivity index (χ4n) is 2.46. The molecule has 20 heavy (non-hydrogen) atoms. The van der Waals surface area contributed by atoms with Gasteiger partial charge in [0.05, 0.1) is 22.2 Å². The van der Waals surface area contributed by atoms with E-state index in [4.69, 9.17) is 16.3 Å². The molecule has 0 saturated carbocycles. The average molecular weight is 297 g/mol. The van der Waals surface area contributed by atoms with Gasteiger partial charge in [-0.25, -0.2) is 0 Å². The molecule has 0 N–H and O–H groups in total. The average Bonchev–Trinajstić information content (AvgIpc) is 2.40. The van der Waals surface area contributed by atoms with Crippen molar-refractivity contribution in [1.82, 2.24) is 0 Å². The number of nitro benzene ring substituents is 1. The van der Waals surface area contributed by atoms with Crippen LogP contribution in [0.2, 0.25) is 5.02 Å². The Hall–Kier alpha value is -1.59. The summed E-state index contributed by atoms with van der Waals surface area (Å²) < 4.78 is 5.12. The molecule has 5 nitrogen and oxygen atoms in total. The Bertz CT molecular complexity index is 534. The predicted octanol–water partition coefficient (Wildman–Crippen LogP) is 3.34. The molecule has 0 amide bonds. The van der Waals surface area contributed by atoms with Gasteiger partial charge in [0.25, 0.3) is 5.69 Å². The van der Waals surface area contributed by atoms with Crippen molar-refractivity contribution >= 4 is 23.0 Å². The molecule has 2 rings (SSSR count). The molecular formula is C14H17ClN2O3. The van der Waals surface area contributed by atoms with Crippen molar-refractivity contribution in [2.24, 2.45) is 0 Å². The lowest BCUT2D eigenvalue weighted by molar-refractivity contribution is -0.384. The summed E-state index contributed by atoms with van der Waals surface area (Å²) in [6, 6.07) is 2.98. The Kier molecular flexibility index (Phi) is 4.62. The molecule has 0 unspecified atom stereocenters. The number of benzene rings is 1. The molecular weight excluding hydrogens is 280 g/mol. The quantitative estimate of drug-likeness (QED) is 0.486. The maximum absolute atomic E-state index is 10.8. The first-order valence-corrected chi connectivity index (χ1v) is 6.77. The summed E-state index contributed by atoms with van der Waals surface area (Å²) in [6.07, 6.45) is 3.05. The highest BCUT2D eigenvalue weighted by molar-refractivity contribution is 6.33. The van der Waals surface area contributed by atoms with Crippen molar-refractivity contribution in [2.45, 2.75) is 13.3 Å². The lowest BCUT2D eigenvalue weighted by Crippen LogP contribution is -2.30. The van der Waals surface area contributed by atoms with Crippen molar-refractivity contribution < 1.29 is 9.66 Å². The van der Waals surface area contributed by atoms with Crippen LogP contribution in [0, 0.1) is 17.0 Å². The third-order valence-corrected chi connectivity index (χ3v) is 3.69. The van der Waals surface area contributed by atoms with E-state index in [-0.39, 0.29) is 5.69 Å². The Morgan fingerprint density at radius 3 is 2.75 bits per heavy atom. The van der Waals surface area contributed by atoms with Gasteiger partial charge in [0.15, 0.2) is 0 Å². The number of nitro groups is 1. The number of aryl methyl sites for hydroxylation is 1. The summed E-state index contributed by atoms with van der Waals surface area (Å²) in [7, 11) is 1.69. The molecule has 0 fully saturated rings. The Morgan fingerprint density at radius 1 is 1.50 bits per heavy atom. The summed E-state index contributed by atoms with van der Waals surface area (Å²) in [5.74, 6) is 0. The van der Waals surface area contributed by atoms with E-state index in [1.807, 2.05) is 6.92 Å². The van der Waals surface area contributed by atoms with Crippen molar-refractivity contribution in [3.05, 3.63) is 44.5 Å². The minimum Gasteiger partial charge on any atom is -0.380 e. The number of anilines is 1. The van der Waals surface area contributed by atoms with Gasteiger partial charge < -0.3 is 9.64 Å². The standard InChI is InChI=1S/C14H17ClN2O3/c1-10-7-12(17(18)19)8-13(15)14(10)16-5-3-11(4-6-16)9-20-2/h3,7-8H,4-6,9H2,1-2H3. The van der Waals surface area contributed by atoms with Crippen LogP contribution in [0.1, 0.15) is 12.0 Å². The number of methoxy groups -OCH3 is 1. The number of rotatable bonds is 4. The Morgan fingerprint density at radius 2 is 2.25 bits per heavy atom. The summed E-state index contributed by atoms with van der Waals surface area (Å²) in [5, 5.41) is 11.2. The van der Waals surface area contributed by atoms with Crippen LogP contribution >= 0.6 is 11.6 Å². The van der Waals surface area contributed by atoms with Crippen molar-refractivity contribution in [3.63, 3.8) is 0 Å². The molecule has 1 heterocycles. The van der Waals surface area contributed by atoms with Crippen LogP contribution in [0.4, 0.5) is 11.4 Å². The zero-order chi connectivity index (χ0) is 14.7.